The predicted molar refractivity (Wildman–Crippen MR) is 79.4 cm³/mol. The average Bonchev–Trinajstić information content (AvgIpc) is 2.96. The fourth-order valence-corrected chi connectivity index (χ4v) is 3.66. The second kappa shape index (κ2) is 5.12. The third kappa shape index (κ3) is 2.44. The molecule has 0 bridgehead atoms. The number of sulfonamides is 1. The van der Waals surface area contributed by atoms with E-state index in [0.717, 1.165) is 11.7 Å². The molecule has 0 aliphatic rings. The predicted octanol–water partition coefficient (Wildman–Crippen LogP) is 2.36. The Morgan fingerprint density at radius 1 is 1.10 bits per heavy atom. The summed E-state index contributed by atoms with van der Waals surface area (Å²) in [6.07, 6.45) is 0. The van der Waals surface area contributed by atoms with E-state index in [1.165, 1.54) is 12.1 Å². The van der Waals surface area contributed by atoms with Gasteiger partial charge in [-0.3, -0.25) is 4.72 Å². The highest BCUT2D eigenvalue weighted by Gasteiger charge is 2.19. The molecule has 0 aliphatic carbocycles. The van der Waals surface area contributed by atoms with Crippen LogP contribution in [-0.4, -0.2) is 17.2 Å². The second-order valence-corrected chi connectivity index (χ2v) is 6.33. The summed E-state index contributed by atoms with van der Waals surface area (Å²) in [7, 11) is -3.86. The molecular weight excluding hydrogens is 308 g/mol. The van der Waals surface area contributed by atoms with Gasteiger partial charge in [0.2, 0.25) is 0 Å². The van der Waals surface area contributed by atoms with Crippen LogP contribution in [-0.2, 0) is 10.0 Å². The number of anilines is 1. The third-order valence-corrected chi connectivity index (χ3v) is 4.79. The van der Waals surface area contributed by atoms with Gasteiger partial charge in [-0.15, -0.1) is 0 Å². The van der Waals surface area contributed by atoms with E-state index >= 15 is 0 Å². The van der Waals surface area contributed by atoms with Crippen LogP contribution >= 0.6 is 11.7 Å². The van der Waals surface area contributed by atoms with E-state index < -0.39 is 10.0 Å². The second-order valence-electron chi connectivity index (χ2n) is 4.15. The zero-order chi connectivity index (χ0) is 14.9. The van der Waals surface area contributed by atoms with Crippen LogP contribution in [0.15, 0.2) is 47.4 Å². The van der Waals surface area contributed by atoms with Crippen molar-refractivity contribution in [3.05, 3.63) is 48.0 Å². The number of nitrogens with one attached hydrogen (secondary N) is 1. The van der Waals surface area contributed by atoms with E-state index in [9.17, 15) is 8.42 Å². The Bertz CT molecular complexity index is 957. The Morgan fingerprint density at radius 2 is 1.90 bits per heavy atom. The summed E-state index contributed by atoms with van der Waals surface area (Å²) < 4.78 is 35.5. The van der Waals surface area contributed by atoms with Crippen molar-refractivity contribution in [2.24, 2.45) is 0 Å². The lowest BCUT2D eigenvalue weighted by Crippen LogP contribution is -2.14. The van der Waals surface area contributed by atoms with Crippen LogP contribution in [0, 0.1) is 11.3 Å². The fourth-order valence-electron chi connectivity index (χ4n) is 1.88. The van der Waals surface area contributed by atoms with Crippen LogP contribution in [0.3, 0.4) is 0 Å². The maximum Gasteiger partial charge on any atom is 0.263 e. The highest BCUT2D eigenvalue weighted by Crippen LogP contribution is 2.25. The quantitative estimate of drug-likeness (QED) is 0.800. The number of hydrogen-bond acceptors (Lipinski definition) is 6. The van der Waals surface area contributed by atoms with Gasteiger partial charge in [-0.25, -0.2) is 8.42 Å². The molecule has 3 aromatic rings. The summed E-state index contributed by atoms with van der Waals surface area (Å²) in [4.78, 5) is -0.0623. The molecule has 0 fully saturated rings. The molecule has 6 nitrogen and oxygen atoms in total. The van der Waals surface area contributed by atoms with Crippen LogP contribution in [0.5, 0.6) is 0 Å². The van der Waals surface area contributed by atoms with Crippen LogP contribution < -0.4 is 4.72 Å². The normalized spacial score (nSPS) is 11.2. The maximum absolute atomic E-state index is 12.4. The molecule has 1 N–H and O–H groups in total. The van der Waals surface area contributed by atoms with Gasteiger partial charge in [0.05, 0.1) is 23.0 Å². The number of hydrogen-bond donors (Lipinski definition) is 1. The van der Waals surface area contributed by atoms with Crippen molar-refractivity contribution < 1.29 is 8.42 Å². The highest BCUT2D eigenvalue weighted by atomic mass is 32.2. The van der Waals surface area contributed by atoms with E-state index in [1.807, 2.05) is 6.07 Å². The summed E-state index contributed by atoms with van der Waals surface area (Å²) in [6, 6.07) is 13.0. The number of nitrogens with zero attached hydrogens (tertiary/aromatic N) is 3. The average molecular weight is 316 g/mol. The number of rotatable bonds is 3. The molecule has 2 aromatic carbocycles. The molecule has 104 valence electrons. The summed E-state index contributed by atoms with van der Waals surface area (Å²) in [6.45, 7) is 0. The van der Waals surface area contributed by atoms with E-state index in [-0.39, 0.29) is 10.5 Å². The molecule has 3 rings (SSSR count). The Balaban J connectivity index is 2.08. The van der Waals surface area contributed by atoms with Gasteiger partial charge in [0.25, 0.3) is 10.0 Å². The van der Waals surface area contributed by atoms with Crippen LogP contribution in [0.1, 0.15) is 5.56 Å². The van der Waals surface area contributed by atoms with Gasteiger partial charge in [-0.05, 0) is 24.3 Å². The largest absolute Gasteiger partial charge is 0.277 e. The first-order chi connectivity index (χ1) is 10.1. The van der Waals surface area contributed by atoms with Crippen molar-refractivity contribution in [3.63, 3.8) is 0 Å². The SMILES string of the molecule is N#Cc1ccccc1S(=O)(=O)Nc1cccc2nsnc12. The topological polar surface area (TPSA) is 95.7 Å². The molecule has 0 spiro atoms. The minimum Gasteiger partial charge on any atom is -0.277 e. The molecule has 1 aromatic heterocycles. The van der Waals surface area contributed by atoms with Gasteiger partial charge in [0, 0.05) is 0 Å². The smallest absolute Gasteiger partial charge is 0.263 e. The molecule has 1 heterocycles. The van der Waals surface area contributed by atoms with Crippen molar-refractivity contribution in [3.8, 4) is 6.07 Å². The fraction of sp³-hybridized carbons (Fsp3) is 0. The Morgan fingerprint density at radius 3 is 2.71 bits per heavy atom. The molecule has 0 saturated carbocycles. The van der Waals surface area contributed by atoms with E-state index in [4.69, 9.17) is 5.26 Å². The van der Waals surface area contributed by atoms with Crippen molar-refractivity contribution in [1.29, 1.82) is 5.26 Å². The van der Waals surface area contributed by atoms with Crippen molar-refractivity contribution in [2.75, 3.05) is 4.72 Å². The van der Waals surface area contributed by atoms with Crippen LogP contribution in [0.4, 0.5) is 5.69 Å². The molecule has 0 saturated heterocycles. The van der Waals surface area contributed by atoms with Gasteiger partial charge in [0.15, 0.2) is 0 Å². The number of nitriles is 1. The molecule has 0 unspecified atom stereocenters. The first-order valence-electron chi connectivity index (χ1n) is 5.85. The summed E-state index contributed by atoms with van der Waals surface area (Å²) >= 11 is 1.01. The zero-order valence-electron chi connectivity index (χ0n) is 10.5. The first-order valence-corrected chi connectivity index (χ1v) is 8.06. The van der Waals surface area contributed by atoms with Crippen molar-refractivity contribution in [2.45, 2.75) is 4.90 Å². The Kier molecular flexibility index (Phi) is 3.29. The summed E-state index contributed by atoms with van der Waals surface area (Å²) in [5.41, 5.74) is 1.54. The summed E-state index contributed by atoms with van der Waals surface area (Å²) in [5.74, 6) is 0. The van der Waals surface area contributed by atoms with Crippen molar-refractivity contribution in [1.82, 2.24) is 8.75 Å². The third-order valence-electron chi connectivity index (χ3n) is 2.83. The van der Waals surface area contributed by atoms with E-state index in [1.54, 1.807) is 30.3 Å². The Labute approximate surface area is 125 Å². The van der Waals surface area contributed by atoms with Gasteiger partial charge < -0.3 is 0 Å². The lowest BCUT2D eigenvalue weighted by molar-refractivity contribution is 0.601. The highest BCUT2D eigenvalue weighted by molar-refractivity contribution is 7.92. The van der Waals surface area contributed by atoms with Crippen molar-refractivity contribution >= 4 is 38.5 Å². The minimum absolute atomic E-state index is 0.0623. The zero-order valence-corrected chi connectivity index (χ0v) is 12.1. The molecule has 0 atom stereocenters. The maximum atomic E-state index is 12.4. The van der Waals surface area contributed by atoms with E-state index in [0.29, 0.717) is 16.7 Å². The molecule has 8 heteroatoms. The number of benzene rings is 2. The molecular formula is C13H8N4O2S2. The van der Waals surface area contributed by atoms with Gasteiger partial charge >= 0.3 is 0 Å². The number of fused-ring (bicyclic) bond motifs is 1. The van der Waals surface area contributed by atoms with Gasteiger partial charge in [0.1, 0.15) is 22.0 Å². The first kappa shape index (κ1) is 13.5. The van der Waals surface area contributed by atoms with Gasteiger partial charge in [-0.1, -0.05) is 18.2 Å². The minimum atomic E-state index is -3.86. The van der Waals surface area contributed by atoms with Gasteiger partial charge in [-0.2, -0.15) is 14.0 Å². The molecule has 0 amide bonds. The van der Waals surface area contributed by atoms with Crippen LogP contribution in [0.25, 0.3) is 11.0 Å². The Hall–Kier alpha value is -2.50. The molecule has 0 radical (unpaired) electrons. The standard InChI is InChI=1S/C13H8N4O2S2/c14-8-9-4-1-2-7-12(9)21(18,19)17-11-6-3-5-10-13(11)16-20-15-10/h1-7,17H. The lowest BCUT2D eigenvalue weighted by Gasteiger charge is -2.09. The van der Waals surface area contributed by atoms with E-state index in [2.05, 4.69) is 13.5 Å². The lowest BCUT2D eigenvalue weighted by atomic mass is 10.2. The number of aromatic nitrogens is 2. The monoisotopic (exact) mass is 316 g/mol. The molecule has 21 heavy (non-hydrogen) atoms. The molecule has 0 aliphatic heterocycles. The summed E-state index contributed by atoms with van der Waals surface area (Å²) in [5, 5.41) is 9.02. The van der Waals surface area contributed by atoms with Crippen LogP contribution in [0.2, 0.25) is 0 Å².